The van der Waals surface area contributed by atoms with Crippen LogP contribution in [0.3, 0.4) is 0 Å². The summed E-state index contributed by atoms with van der Waals surface area (Å²) in [6, 6.07) is 0. The van der Waals surface area contributed by atoms with Crippen molar-refractivity contribution in [3.05, 3.63) is 11.6 Å². The van der Waals surface area contributed by atoms with Crippen LogP contribution in [-0.4, -0.2) is 23.9 Å². The Morgan fingerprint density at radius 3 is 2.12 bits per heavy atom. The number of carbonyl (C=O) groups is 1. The number of hydrogen-bond donors (Lipinski definition) is 0. The summed E-state index contributed by atoms with van der Waals surface area (Å²) in [6.07, 6.45) is 2.26. The van der Waals surface area contributed by atoms with Crippen LogP contribution in [0.2, 0.25) is 0 Å². The molecule has 1 saturated carbocycles. The van der Waals surface area contributed by atoms with Crippen LogP contribution in [0.1, 0.15) is 41.5 Å². The first-order valence-electron chi connectivity index (χ1n) is 6.30. The molecule has 0 radical (unpaired) electrons. The quantitative estimate of drug-likeness (QED) is 0.671. The van der Waals surface area contributed by atoms with Crippen molar-refractivity contribution in [2.24, 2.45) is 17.3 Å². The Bertz CT molecular complexity index is 296. The highest BCUT2D eigenvalue weighted by Gasteiger charge is 2.60. The molecule has 1 amide bonds. The van der Waals surface area contributed by atoms with Crippen LogP contribution in [0.5, 0.6) is 0 Å². The molecule has 2 unspecified atom stereocenters. The zero-order chi connectivity index (χ0) is 12.5. The Hall–Kier alpha value is -0.790. The number of hydrogen-bond acceptors (Lipinski definition) is 1. The van der Waals surface area contributed by atoms with Gasteiger partial charge in [0.25, 0.3) is 0 Å². The monoisotopic (exact) mass is 223 g/mol. The van der Waals surface area contributed by atoms with Gasteiger partial charge in [-0.25, -0.2) is 0 Å². The summed E-state index contributed by atoms with van der Waals surface area (Å²) in [7, 11) is 0. The van der Waals surface area contributed by atoms with E-state index in [0.29, 0.717) is 11.8 Å². The zero-order valence-corrected chi connectivity index (χ0v) is 11.5. The minimum absolute atomic E-state index is 0.150. The lowest BCUT2D eigenvalue weighted by atomic mass is 10.1. The van der Waals surface area contributed by atoms with Gasteiger partial charge >= 0.3 is 0 Å². The third kappa shape index (κ3) is 2.31. The van der Waals surface area contributed by atoms with E-state index < -0.39 is 0 Å². The summed E-state index contributed by atoms with van der Waals surface area (Å²) in [5.41, 5.74) is 1.46. The van der Waals surface area contributed by atoms with Crippen LogP contribution in [0.15, 0.2) is 11.6 Å². The van der Waals surface area contributed by atoms with Crippen molar-refractivity contribution in [1.82, 2.24) is 4.90 Å². The van der Waals surface area contributed by atoms with E-state index in [1.54, 1.807) is 0 Å². The van der Waals surface area contributed by atoms with Crippen LogP contribution in [0.25, 0.3) is 0 Å². The normalized spacial score (nSPS) is 26.1. The predicted molar refractivity (Wildman–Crippen MR) is 68.1 cm³/mol. The van der Waals surface area contributed by atoms with E-state index in [9.17, 15) is 4.79 Å². The molecule has 0 spiro atoms. The largest absolute Gasteiger partial charge is 0.343 e. The van der Waals surface area contributed by atoms with Crippen LogP contribution in [0.4, 0.5) is 0 Å². The van der Waals surface area contributed by atoms with E-state index in [1.165, 1.54) is 5.57 Å². The lowest BCUT2D eigenvalue weighted by Crippen LogP contribution is -2.33. The molecular weight excluding hydrogens is 198 g/mol. The highest BCUT2D eigenvalue weighted by Crippen LogP contribution is 2.60. The average molecular weight is 223 g/mol. The molecule has 0 heterocycles. The summed E-state index contributed by atoms with van der Waals surface area (Å²) >= 11 is 0. The molecule has 1 aliphatic rings. The minimum atomic E-state index is 0.150. The number of rotatable bonds is 4. The van der Waals surface area contributed by atoms with Crippen LogP contribution >= 0.6 is 0 Å². The molecule has 92 valence electrons. The lowest BCUT2D eigenvalue weighted by Gasteiger charge is -2.19. The number of carbonyl (C=O) groups excluding carboxylic acids is 1. The first kappa shape index (κ1) is 13.3. The van der Waals surface area contributed by atoms with Crippen molar-refractivity contribution >= 4 is 5.91 Å². The summed E-state index contributed by atoms with van der Waals surface area (Å²) in [6.45, 7) is 14.3. The maximum atomic E-state index is 12.3. The standard InChI is InChI=1S/C14H25NO/c1-7-15(8-2)13(16)12-11(9-10(3)4)14(12,5)6/h9,11-12H,7-8H2,1-6H3. The lowest BCUT2D eigenvalue weighted by molar-refractivity contribution is -0.133. The van der Waals surface area contributed by atoms with E-state index in [-0.39, 0.29) is 11.3 Å². The summed E-state index contributed by atoms with van der Waals surface area (Å²) in [4.78, 5) is 14.2. The van der Waals surface area contributed by atoms with Gasteiger partial charge in [-0.1, -0.05) is 25.5 Å². The van der Waals surface area contributed by atoms with Gasteiger partial charge < -0.3 is 4.90 Å². The Morgan fingerprint density at radius 1 is 1.25 bits per heavy atom. The Balaban J connectivity index is 2.76. The van der Waals surface area contributed by atoms with Gasteiger partial charge in [0, 0.05) is 13.1 Å². The van der Waals surface area contributed by atoms with Gasteiger partial charge in [-0.15, -0.1) is 0 Å². The van der Waals surface area contributed by atoms with E-state index in [4.69, 9.17) is 0 Å². The maximum absolute atomic E-state index is 12.3. The van der Waals surface area contributed by atoms with Gasteiger partial charge in [-0.05, 0) is 39.0 Å². The molecule has 2 heteroatoms. The van der Waals surface area contributed by atoms with Crippen molar-refractivity contribution in [2.45, 2.75) is 41.5 Å². The second kappa shape index (κ2) is 4.60. The third-order valence-electron chi connectivity index (χ3n) is 3.76. The summed E-state index contributed by atoms with van der Waals surface area (Å²) in [5.74, 6) is 0.963. The van der Waals surface area contributed by atoms with Gasteiger partial charge in [0.2, 0.25) is 5.91 Å². The molecule has 0 saturated heterocycles. The Kier molecular flexibility index (Phi) is 3.82. The number of allylic oxidation sites excluding steroid dienone is 2. The molecule has 2 atom stereocenters. The first-order chi connectivity index (χ1) is 7.36. The molecule has 0 aliphatic heterocycles. The van der Waals surface area contributed by atoms with E-state index in [0.717, 1.165) is 13.1 Å². The highest BCUT2D eigenvalue weighted by molar-refractivity contribution is 5.83. The summed E-state index contributed by atoms with van der Waals surface area (Å²) in [5, 5.41) is 0. The second-order valence-electron chi connectivity index (χ2n) is 5.58. The predicted octanol–water partition coefficient (Wildman–Crippen LogP) is 3.09. The molecular formula is C14H25NO. The molecule has 0 aromatic rings. The van der Waals surface area contributed by atoms with Gasteiger partial charge in [0.05, 0.1) is 5.92 Å². The topological polar surface area (TPSA) is 20.3 Å². The SMILES string of the molecule is CCN(CC)C(=O)C1C(C=C(C)C)C1(C)C. The fraction of sp³-hybridized carbons (Fsp3) is 0.786. The average Bonchev–Trinajstić information content (AvgIpc) is 2.68. The minimum Gasteiger partial charge on any atom is -0.343 e. The zero-order valence-electron chi connectivity index (χ0n) is 11.5. The van der Waals surface area contributed by atoms with Crippen molar-refractivity contribution in [2.75, 3.05) is 13.1 Å². The fourth-order valence-corrected chi connectivity index (χ4v) is 2.55. The van der Waals surface area contributed by atoms with E-state index in [2.05, 4.69) is 33.8 Å². The van der Waals surface area contributed by atoms with Crippen LogP contribution < -0.4 is 0 Å². The highest BCUT2D eigenvalue weighted by atomic mass is 16.2. The first-order valence-corrected chi connectivity index (χ1v) is 6.30. The number of nitrogens with zero attached hydrogens (tertiary/aromatic N) is 1. The van der Waals surface area contributed by atoms with Gasteiger partial charge in [0.15, 0.2) is 0 Å². The maximum Gasteiger partial charge on any atom is 0.226 e. The van der Waals surface area contributed by atoms with Crippen molar-refractivity contribution in [3.63, 3.8) is 0 Å². The molecule has 0 N–H and O–H groups in total. The molecule has 2 nitrogen and oxygen atoms in total. The smallest absolute Gasteiger partial charge is 0.226 e. The fourth-order valence-electron chi connectivity index (χ4n) is 2.55. The molecule has 0 aromatic carbocycles. The van der Waals surface area contributed by atoms with Gasteiger partial charge in [-0.3, -0.25) is 4.79 Å². The third-order valence-corrected chi connectivity index (χ3v) is 3.76. The van der Waals surface area contributed by atoms with Gasteiger partial charge in [0.1, 0.15) is 0 Å². The summed E-state index contributed by atoms with van der Waals surface area (Å²) < 4.78 is 0. The van der Waals surface area contributed by atoms with Crippen molar-refractivity contribution < 1.29 is 4.79 Å². The molecule has 1 aliphatic carbocycles. The van der Waals surface area contributed by atoms with Crippen LogP contribution in [-0.2, 0) is 4.79 Å². The molecule has 0 aromatic heterocycles. The Labute approximate surface area is 99.7 Å². The second-order valence-corrected chi connectivity index (χ2v) is 5.58. The van der Waals surface area contributed by atoms with Gasteiger partial charge in [-0.2, -0.15) is 0 Å². The molecule has 1 rings (SSSR count). The number of amides is 1. The molecule has 1 fully saturated rings. The van der Waals surface area contributed by atoms with Crippen molar-refractivity contribution in [1.29, 1.82) is 0 Å². The van der Waals surface area contributed by atoms with Crippen molar-refractivity contribution in [3.8, 4) is 0 Å². The van der Waals surface area contributed by atoms with E-state index in [1.807, 2.05) is 18.7 Å². The molecule has 0 bridgehead atoms. The van der Waals surface area contributed by atoms with Crippen LogP contribution in [0, 0.1) is 17.3 Å². The Morgan fingerprint density at radius 2 is 1.75 bits per heavy atom. The van der Waals surface area contributed by atoms with E-state index >= 15 is 0 Å². The molecule has 16 heavy (non-hydrogen) atoms.